The van der Waals surface area contributed by atoms with Crippen molar-refractivity contribution in [3.63, 3.8) is 0 Å². The number of fused-ring (bicyclic) bond motifs is 1. The largest absolute Gasteiger partial charge is 0.423 e. The Morgan fingerprint density at radius 2 is 1.74 bits per heavy atom. The highest BCUT2D eigenvalue weighted by Crippen LogP contribution is 2.36. The standard InChI is InChI=1S/C18H16N2O3/c1-20(2)11-12-3-5-13(6-4-12)18-14-7-10-17(21)23-16(14)9-8-15(18)19-22/h3-10H,11H2,1-2H3. The highest BCUT2D eigenvalue weighted by Gasteiger charge is 2.12. The second kappa shape index (κ2) is 6.14. The van der Waals surface area contributed by atoms with Crippen LogP contribution in [0, 0.1) is 4.91 Å². The lowest BCUT2D eigenvalue weighted by molar-refractivity contribution is 0.402. The molecule has 0 aliphatic rings. The van der Waals surface area contributed by atoms with Gasteiger partial charge in [0.2, 0.25) is 0 Å². The third-order valence-corrected chi connectivity index (χ3v) is 3.62. The lowest BCUT2D eigenvalue weighted by Crippen LogP contribution is -2.10. The molecule has 3 rings (SSSR count). The Hall–Kier alpha value is -2.79. The molecule has 0 bridgehead atoms. The van der Waals surface area contributed by atoms with Gasteiger partial charge < -0.3 is 9.32 Å². The molecule has 0 aliphatic heterocycles. The average Bonchev–Trinajstić information content (AvgIpc) is 2.54. The van der Waals surface area contributed by atoms with Gasteiger partial charge in [0, 0.05) is 23.6 Å². The van der Waals surface area contributed by atoms with Crippen molar-refractivity contribution < 1.29 is 4.42 Å². The van der Waals surface area contributed by atoms with E-state index in [2.05, 4.69) is 10.1 Å². The van der Waals surface area contributed by atoms with Crippen molar-refractivity contribution >= 4 is 16.7 Å². The molecule has 3 aromatic rings. The Bertz CT molecular complexity index is 912. The molecule has 1 aromatic heterocycles. The Morgan fingerprint density at radius 3 is 2.39 bits per heavy atom. The van der Waals surface area contributed by atoms with Gasteiger partial charge in [0.25, 0.3) is 0 Å². The molecule has 1 heterocycles. The first kappa shape index (κ1) is 15.1. The van der Waals surface area contributed by atoms with E-state index < -0.39 is 5.63 Å². The summed E-state index contributed by atoms with van der Waals surface area (Å²) in [5.41, 5.74) is 3.06. The minimum Gasteiger partial charge on any atom is -0.423 e. The van der Waals surface area contributed by atoms with Gasteiger partial charge in [-0.3, -0.25) is 0 Å². The van der Waals surface area contributed by atoms with Gasteiger partial charge in [0.05, 0.1) is 0 Å². The third-order valence-electron chi connectivity index (χ3n) is 3.62. The van der Waals surface area contributed by atoms with E-state index in [1.54, 1.807) is 18.2 Å². The van der Waals surface area contributed by atoms with Crippen molar-refractivity contribution in [3.05, 3.63) is 69.4 Å². The predicted molar refractivity (Wildman–Crippen MR) is 90.8 cm³/mol. The van der Waals surface area contributed by atoms with Crippen LogP contribution >= 0.6 is 0 Å². The van der Waals surface area contributed by atoms with E-state index in [0.717, 1.165) is 12.1 Å². The molecule has 0 spiro atoms. The molecule has 0 N–H and O–H groups in total. The quantitative estimate of drug-likeness (QED) is 0.541. The van der Waals surface area contributed by atoms with Gasteiger partial charge >= 0.3 is 5.63 Å². The molecule has 0 fully saturated rings. The topological polar surface area (TPSA) is 62.9 Å². The molecule has 2 aromatic carbocycles. The van der Waals surface area contributed by atoms with Crippen LogP contribution in [0.1, 0.15) is 5.56 Å². The zero-order valence-electron chi connectivity index (χ0n) is 12.9. The van der Waals surface area contributed by atoms with E-state index >= 15 is 0 Å². The Labute approximate surface area is 133 Å². The van der Waals surface area contributed by atoms with Crippen molar-refractivity contribution in [1.82, 2.24) is 4.90 Å². The first-order chi connectivity index (χ1) is 11.1. The number of hydrogen-bond donors (Lipinski definition) is 0. The first-order valence-corrected chi connectivity index (χ1v) is 7.23. The molecule has 23 heavy (non-hydrogen) atoms. The molecule has 0 radical (unpaired) electrons. The fourth-order valence-electron chi connectivity index (χ4n) is 2.66. The van der Waals surface area contributed by atoms with Crippen molar-refractivity contribution in [2.24, 2.45) is 5.18 Å². The summed E-state index contributed by atoms with van der Waals surface area (Å²) in [5.74, 6) is 0. The molecule has 0 saturated heterocycles. The van der Waals surface area contributed by atoms with Crippen LogP contribution in [0.25, 0.3) is 22.1 Å². The van der Waals surface area contributed by atoms with Gasteiger partial charge in [-0.15, -0.1) is 4.91 Å². The molecule has 0 atom stereocenters. The SMILES string of the molecule is CN(C)Cc1ccc(-c2c(N=O)ccc3oc(=O)ccc23)cc1. The molecule has 0 amide bonds. The lowest BCUT2D eigenvalue weighted by atomic mass is 9.98. The maximum absolute atomic E-state index is 11.4. The van der Waals surface area contributed by atoms with Crippen LogP contribution in [0.4, 0.5) is 5.69 Å². The molecule has 0 aliphatic carbocycles. The zero-order valence-corrected chi connectivity index (χ0v) is 12.9. The highest BCUT2D eigenvalue weighted by atomic mass is 16.4. The Balaban J connectivity index is 2.17. The molecule has 116 valence electrons. The lowest BCUT2D eigenvalue weighted by Gasteiger charge is -2.11. The minimum atomic E-state index is -0.420. The van der Waals surface area contributed by atoms with Crippen LogP contribution in [0.3, 0.4) is 0 Å². The maximum Gasteiger partial charge on any atom is 0.336 e. The number of nitroso groups, excluding NO2 is 1. The van der Waals surface area contributed by atoms with Crippen LogP contribution < -0.4 is 5.63 Å². The van der Waals surface area contributed by atoms with Crippen molar-refractivity contribution in [3.8, 4) is 11.1 Å². The van der Waals surface area contributed by atoms with Gasteiger partial charge in [0.1, 0.15) is 11.3 Å². The summed E-state index contributed by atoms with van der Waals surface area (Å²) in [6, 6.07) is 14.1. The van der Waals surface area contributed by atoms with E-state index in [0.29, 0.717) is 22.2 Å². The number of benzene rings is 2. The molecule has 5 nitrogen and oxygen atoms in total. The Morgan fingerprint density at radius 1 is 1.00 bits per heavy atom. The summed E-state index contributed by atoms with van der Waals surface area (Å²) >= 11 is 0. The zero-order chi connectivity index (χ0) is 16.4. The van der Waals surface area contributed by atoms with Crippen molar-refractivity contribution in [2.45, 2.75) is 6.54 Å². The highest BCUT2D eigenvalue weighted by molar-refractivity contribution is 5.99. The second-order valence-corrected chi connectivity index (χ2v) is 5.65. The van der Waals surface area contributed by atoms with E-state index in [1.165, 1.54) is 11.6 Å². The molecule has 0 saturated carbocycles. The molecular formula is C18H16N2O3. The van der Waals surface area contributed by atoms with Gasteiger partial charge in [-0.1, -0.05) is 24.3 Å². The summed E-state index contributed by atoms with van der Waals surface area (Å²) in [5, 5.41) is 3.81. The van der Waals surface area contributed by atoms with Crippen LogP contribution in [0.2, 0.25) is 0 Å². The first-order valence-electron chi connectivity index (χ1n) is 7.23. The van der Waals surface area contributed by atoms with Gasteiger partial charge in [-0.25, -0.2) is 4.79 Å². The summed E-state index contributed by atoms with van der Waals surface area (Å²) in [7, 11) is 4.02. The third kappa shape index (κ3) is 3.05. The normalized spacial score (nSPS) is 11.1. The van der Waals surface area contributed by atoms with Crippen molar-refractivity contribution in [2.75, 3.05) is 14.1 Å². The van der Waals surface area contributed by atoms with Crippen LogP contribution in [0.5, 0.6) is 0 Å². The molecule has 0 unspecified atom stereocenters. The second-order valence-electron chi connectivity index (χ2n) is 5.65. The van der Waals surface area contributed by atoms with E-state index in [9.17, 15) is 9.70 Å². The summed E-state index contributed by atoms with van der Waals surface area (Å²) in [6.07, 6.45) is 0. The predicted octanol–water partition coefficient (Wildman–Crippen LogP) is 3.92. The van der Waals surface area contributed by atoms with E-state index in [-0.39, 0.29) is 0 Å². The van der Waals surface area contributed by atoms with Crippen LogP contribution in [-0.4, -0.2) is 19.0 Å². The number of hydrogen-bond acceptors (Lipinski definition) is 5. The minimum absolute atomic E-state index is 0.326. The van der Waals surface area contributed by atoms with Crippen molar-refractivity contribution in [1.29, 1.82) is 0 Å². The Kier molecular flexibility index (Phi) is 4.04. The summed E-state index contributed by atoms with van der Waals surface area (Å²) in [4.78, 5) is 24.6. The number of rotatable bonds is 4. The fraction of sp³-hybridized carbons (Fsp3) is 0.167. The van der Waals surface area contributed by atoms with Crippen LogP contribution in [0.15, 0.2) is 62.9 Å². The maximum atomic E-state index is 11.4. The monoisotopic (exact) mass is 308 g/mol. The van der Waals surface area contributed by atoms with Crippen LogP contribution in [-0.2, 0) is 6.54 Å². The smallest absolute Gasteiger partial charge is 0.336 e. The summed E-state index contributed by atoms with van der Waals surface area (Å²) < 4.78 is 5.19. The van der Waals surface area contributed by atoms with Gasteiger partial charge in [0.15, 0.2) is 0 Å². The molecule has 5 heteroatoms. The van der Waals surface area contributed by atoms with Gasteiger partial charge in [-0.2, -0.15) is 0 Å². The fourth-order valence-corrected chi connectivity index (χ4v) is 2.66. The molecular weight excluding hydrogens is 292 g/mol. The van der Waals surface area contributed by atoms with E-state index in [1.807, 2.05) is 38.4 Å². The average molecular weight is 308 g/mol. The van der Waals surface area contributed by atoms with E-state index in [4.69, 9.17) is 4.42 Å². The number of nitrogens with zero attached hydrogens (tertiary/aromatic N) is 2. The van der Waals surface area contributed by atoms with Gasteiger partial charge in [-0.05, 0) is 48.6 Å². The summed E-state index contributed by atoms with van der Waals surface area (Å²) in [6.45, 7) is 0.837.